The molecule has 2 N–H and O–H groups in total. The minimum atomic E-state index is -0.255. The van der Waals surface area contributed by atoms with Crippen LogP contribution >= 0.6 is 27.5 Å². The van der Waals surface area contributed by atoms with Crippen molar-refractivity contribution in [1.82, 2.24) is 5.32 Å². The first-order chi connectivity index (χ1) is 13.0. The Kier molecular flexibility index (Phi) is 6.54. The lowest BCUT2D eigenvalue weighted by Gasteiger charge is -2.19. The molecule has 3 aromatic carbocycles. The molecule has 0 fully saturated rings. The summed E-state index contributed by atoms with van der Waals surface area (Å²) in [5, 5.41) is 13.9. The van der Waals surface area contributed by atoms with Gasteiger partial charge in [-0.05, 0) is 35.4 Å². The summed E-state index contributed by atoms with van der Waals surface area (Å²) in [6.07, 6.45) is 0.221. The van der Waals surface area contributed by atoms with Crippen LogP contribution in [0, 0.1) is 0 Å². The van der Waals surface area contributed by atoms with Gasteiger partial charge >= 0.3 is 0 Å². The highest BCUT2D eigenvalue weighted by atomic mass is 79.9. The van der Waals surface area contributed by atoms with E-state index in [9.17, 15) is 9.90 Å². The molecule has 1 atom stereocenters. The first kappa shape index (κ1) is 19.5. The van der Waals surface area contributed by atoms with Gasteiger partial charge in [0.25, 0.3) is 0 Å². The van der Waals surface area contributed by atoms with Crippen LogP contribution in [0.2, 0.25) is 5.02 Å². The highest BCUT2D eigenvalue weighted by molar-refractivity contribution is 9.10. The van der Waals surface area contributed by atoms with Gasteiger partial charge in [-0.15, -0.1) is 0 Å². The molecule has 0 radical (unpaired) electrons. The van der Waals surface area contributed by atoms with Gasteiger partial charge in [0.15, 0.2) is 0 Å². The van der Waals surface area contributed by atoms with Crippen molar-refractivity contribution in [3.63, 3.8) is 0 Å². The van der Waals surface area contributed by atoms with E-state index < -0.39 is 0 Å². The third kappa shape index (κ3) is 5.12. The predicted octanol–water partition coefficient (Wildman–Crippen LogP) is 5.65. The van der Waals surface area contributed by atoms with Crippen molar-refractivity contribution in [2.75, 3.05) is 0 Å². The number of rotatable bonds is 6. The number of halogens is 2. The molecule has 0 saturated carbocycles. The van der Waals surface area contributed by atoms with E-state index >= 15 is 0 Å². The van der Waals surface area contributed by atoms with Gasteiger partial charge in [0, 0.05) is 33.9 Å². The number of hydrogen-bond acceptors (Lipinski definition) is 2. The van der Waals surface area contributed by atoms with Crippen LogP contribution in [-0.4, -0.2) is 11.0 Å². The highest BCUT2D eigenvalue weighted by Gasteiger charge is 2.21. The van der Waals surface area contributed by atoms with Gasteiger partial charge in [0.1, 0.15) is 5.75 Å². The van der Waals surface area contributed by atoms with E-state index in [4.69, 9.17) is 11.6 Å². The van der Waals surface area contributed by atoms with Crippen LogP contribution in [0.1, 0.15) is 29.0 Å². The van der Waals surface area contributed by atoms with Gasteiger partial charge in [-0.1, -0.05) is 76.1 Å². The number of carbonyl (C=O) groups is 1. The molecule has 0 aromatic heterocycles. The molecular weight excluding hydrogens is 426 g/mol. The zero-order valence-electron chi connectivity index (χ0n) is 14.5. The quantitative estimate of drug-likeness (QED) is 0.516. The second kappa shape index (κ2) is 9.07. The summed E-state index contributed by atoms with van der Waals surface area (Å²) in [5.41, 5.74) is 2.55. The van der Waals surface area contributed by atoms with Crippen molar-refractivity contribution in [3.05, 3.63) is 99.0 Å². The fourth-order valence-electron chi connectivity index (χ4n) is 2.99. The second-order valence-electron chi connectivity index (χ2n) is 6.24. The molecular formula is C22H19BrClNO2. The lowest BCUT2D eigenvalue weighted by atomic mass is 9.87. The lowest BCUT2D eigenvalue weighted by Crippen LogP contribution is -2.25. The molecule has 0 aliphatic heterocycles. The number of aromatic hydroxyl groups is 1. The molecule has 0 saturated heterocycles. The average molecular weight is 445 g/mol. The molecule has 3 nitrogen and oxygen atoms in total. The van der Waals surface area contributed by atoms with E-state index in [1.807, 2.05) is 54.6 Å². The molecule has 0 aliphatic rings. The van der Waals surface area contributed by atoms with E-state index in [1.54, 1.807) is 18.2 Å². The summed E-state index contributed by atoms with van der Waals surface area (Å²) in [6, 6.07) is 22.4. The Balaban J connectivity index is 1.80. The van der Waals surface area contributed by atoms with Crippen molar-refractivity contribution < 1.29 is 9.90 Å². The van der Waals surface area contributed by atoms with Crippen LogP contribution in [0.4, 0.5) is 0 Å². The summed E-state index contributed by atoms with van der Waals surface area (Å²) in [5.74, 6) is -0.191. The Morgan fingerprint density at radius 2 is 1.74 bits per heavy atom. The summed E-state index contributed by atoms with van der Waals surface area (Å²) >= 11 is 9.60. The molecule has 5 heteroatoms. The number of nitrogens with one attached hydrogen (secondary N) is 1. The van der Waals surface area contributed by atoms with Crippen LogP contribution in [0.3, 0.4) is 0 Å². The Labute approximate surface area is 172 Å². The normalized spacial score (nSPS) is 11.8. The van der Waals surface area contributed by atoms with Gasteiger partial charge in [0.2, 0.25) is 5.91 Å². The maximum Gasteiger partial charge on any atom is 0.221 e. The zero-order valence-corrected chi connectivity index (χ0v) is 16.9. The van der Waals surface area contributed by atoms with Crippen LogP contribution in [0.15, 0.2) is 77.3 Å². The maximum atomic E-state index is 12.6. The van der Waals surface area contributed by atoms with Crippen LogP contribution in [-0.2, 0) is 11.3 Å². The van der Waals surface area contributed by atoms with Gasteiger partial charge in [-0.25, -0.2) is 0 Å². The van der Waals surface area contributed by atoms with E-state index in [-0.39, 0.29) is 24.0 Å². The minimum Gasteiger partial charge on any atom is -0.508 e. The molecule has 0 heterocycles. The standard InChI is InChI=1S/C22H19BrClNO2/c23-17-10-11-21(26)19(12-17)18(15-6-2-1-3-7-15)13-22(27)25-14-16-8-4-5-9-20(16)24/h1-12,18,26H,13-14H2,(H,25,27)/t18-/m0/s1. The van der Waals surface area contributed by atoms with Crippen molar-refractivity contribution in [2.24, 2.45) is 0 Å². The lowest BCUT2D eigenvalue weighted by molar-refractivity contribution is -0.121. The van der Waals surface area contributed by atoms with Gasteiger partial charge < -0.3 is 10.4 Å². The van der Waals surface area contributed by atoms with Crippen molar-refractivity contribution in [3.8, 4) is 5.75 Å². The zero-order chi connectivity index (χ0) is 19.2. The molecule has 1 amide bonds. The summed E-state index contributed by atoms with van der Waals surface area (Å²) < 4.78 is 0.854. The molecule has 0 spiro atoms. The van der Waals surface area contributed by atoms with Gasteiger partial charge in [0.05, 0.1) is 0 Å². The van der Waals surface area contributed by atoms with Crippen molar-refractivity contribution >= 4 is 33.4 Å². The van der Waals surface area contributed by atoms with E-state index in [0.29, 0.717) is 17.1 Å². The summed E-state index contributed by atoms with van der Waals surface area (Å²) in [6.45, 7) is 0.366. The molecule has 138 valence electrons. The number of amides is 1. The third-order valence-electron chi connectivity index (χ3n) is 4.39. The first-order valence-corrected chi connectivity index (χ1v) is 9.75. The first-order valence-electron chi connectivity index (χ1n) is 8.58. The van der Waals surface area contributed by atoms with Crippen LogP contribution in [0.5, 0.6) is 5.75 Å². The Morgan fingerprint density at radius 3 is 2.48 bits per heavy atom. The van der Waals surface area contributed by atoms with E-state index in [0.717, 1.165) is 15.6 Å². The summed E-state index contributed by atoms with van der Waals surface area (Å²) in [4.78, 5) is 12.6. The topological polar surface area (TPSA) is 49.3 Å². The fraction of sp³-hybridized carbons (Fsp3) is 0.136. The predicted molar refractivity (Wildman–Crippen MR) is 112 cm³/mol. The number of carbonyl (C=O) groups excluding carboxylic acids is 1. The maximum absolute atomic E-state index is 12.6. The monoisotopic (exact) mass is 443 g/mol. The third-order valence-corrected chi connectivity index (χ3v) is 5.25. The van der Waals surface area contributed by atoms with Gasteiger partial charge in [-0.2, -0.15) is 0 Å². The molecule has 0 unspecified atom stereocenters. The van der Waals surface area contributed by atoms with E-state index in [1.165, 1.54) is 0 Å². The minimum absolute atomic E-state index is 0.108. The number of phenolic OH excluding ortho intramolecular Hbond substituents is 1. The largest absolute Gasteiger partial charge is 0.508 e. The highest BCUT2D eigenvalue weighted by Crippen LogP contribution is 2.35. The van der Waals surface area contributed by atoms with Crippen LogP contribution < -0.4 is 5.32 Å². The summed E-state index contributed by atoms with van der Waals surface area (Å²) in [7, 11) is 0. The van der Waals surface area contributed by atoms with Gasteiger partial charge in [-0.3, -0.25) is 4.79 Å². The molecule has 27 heavy (non-hydrogen) atoms. The number of hydrogen-bond donors (Lipinski definition) is 2. The Morgan fingerprint density at radius 1 is 1.04 bits per heavy atom. The molecule has 0 aliphatic carbocycles. The SMILES string of the molecule is O=C(C[C@@H](c1ccccc1)c1cc(Br)ccc1O)NCc1ccccc1Cl. The second-order valence-corrected chi connectivity index (χ2v) is 7.56. The Bertz CT molecular complexity index is 931. The Hall–Kier alpha value is -2.30. The molecule has 3 aromatic rings. The van der Waals surface area contributed by atoms with Crippen molar-refractivity contribution in [1.29, 1.82) is 0 Å². The van der Waals surface area contributed by atoms with Crippen molar-refractivity contribution in [2.45, 2.75) is 18.9 Å². The van der Waals surface area contributed by atoms with Crippen LogP contribution in [0.25, 0.3) is 0 Å². The average Bonchev–Trinajstić information content (AvgIpc) is 2.68. The fourth-order valence-corrected chi connectivity index (χ4v) is 3.57. The number of benzene rings is 3. The smallest absolute Gasteiger partial charge is 0.221 e. The van der Waals surface area contributed by atoms with E-state index in [2.05, 4.69) is 21.2 Å². The number of phenols is 1. The molecule has 3 rings (SSSR count). The molecule has 0 bridgehead atoms.